The summed E-state index contributed by atoms with van der Waals surface area (Å²) in [5, 5.41) is 0. The van der Waals surface area contributed by atoms with Crippen LogP contribution in [0.25, 0.3) is 0 Å². The lowest BCUT2D eigenvalue weighted by atomic mass is 9.99. The maximum absolute atomic E-state index is 12.0. The minimum Gasteiger partial charge on any atom is -0.462 e. The summed E-state index contributed by atoms with van der Waals surface area (Å²) in [6.45, 7) is 7.81. The quantitative estimate of drug-likeness (QED) is 0.835. The lowest BCUT2D eigenvalue weighted by Crippen LogP contribution is -2.38. The van der Waals surface area contributed by atoms with Crippen molar-refractivity contribution >= 4 is 5.97 Å². The molecular weight excluding hydrogens is 226 g/mol. The van der Waals surface area contributed by atoms with Crippen molar-refractivity contribution in [3.63, 3.8) is 0 Å². The van der Waals surface area contributed by atoms with Crippen LogP contribution in [-0.4, -0.2) is 17.6 Å². The van der Waals surface area contributed by atoms with Crippen LogP contribution in [0.4, 0.5) is 0 Å². The van der Waals surface area contributed by atoms with Crippen molar-refractivity contribution in [2.45, 2.75) is 51.7 Å². The monoisotopic (exact) mass is 247 g/mol. The summed E-state index contributed by atoms with van der Waals surface area (Å²) in [5.41, 5.74) is 8.93. The van der Waals surface area contributed by atoms with Crippen molar-refractivity contribution in [1.82, 2.24) is 0 Å². The van der Waals surface area contributed by atoms with E-state index in [-0.39, 0.29) is 18.0 Å². The molecule has 1 aromatic carbocycles. The third-order valence-corrected chi connectivity index (χ3v) is 3.53. The molecule has 3 heteroatoms. The molecule has 0 heterocycles. The molecule has 0 spiro atoms. The molecule has 2 atom stereocenters. The minimum atomic E-state index is -0.815. The van der Waals surface area contributed by atoms with Crippen molar-refractivity contribution in [2.75, 3.05) is 0 Å². The summed E-state index contributed by atoms with van der Waals surface area (Å²) in [7, 11) is 0. The van der Waals surface area contributed by atoms with Crippen LogP contribution in [0.1, 0.15) is 42.9 Å². The number of nitrogens with two attached hydrogens (primary N) is 1. The fraction of sp³-hybridized carbons (Fsp3) is 0.533. The van der Waals surface area contributed by atoms with Crippen LogP contribution in [0.15, 0.2) is 18.2 Å². The van der Waals surface area contributed by atoms with E-state index < -0.39 is 5.54 Å². The Morgan fingerprint density at radius 3 is 2.67 bits per heavy atom. The highest BCUT2D eigenvalue weighted by atomic mass is 16.5. The lowest BCUT2D eigenvalue weighted by Gasteiger charge is -2.15. The fourth-order valence-corrected chi connectivity index (χ4v) is 2.43. The Morgan fingerprint density at radius 2 is 2.11 bits per heavy atom. The van der Waals surface area contributed by atoms with Gasteiger partial charge in [0.15, 0.2) is 0 Å². The van der Waals surface area contributed by atoms with Crippen LogP contribution in [-0.2, 0) is 9.53 Å². The first-order valence-electron chi connectivity index (χ1n) is 6.41. The van der Waals surface area contributed by atoms with Crippen LogP contribution in [0.5, 0.6) is 0 Å². The summed E-state index contributed by atoms with van der Waals surface area (Å²) >= 11 is 0. The maximum atomic E-state index is 12.0. The van der Waals surface area contributed by atoms with Gasteiger partial charge in [-0.1, -0.05) is 23.8 Å². The number of hydrogen-bond acceptors (Lipinski definition) is 3. The molecule has 0 aliphatic heterocycles. The average molecular weight is 247 g/mol. The first kappa shape index (κ1) is 13.1. The van der Waals surface area contributed by atoms with E-state index in [9.17, 15) is 4.79 Å². The molecule has 1 aliphatic rings. The van der Waals surface area contributed by atoms with Gasteiger partial charge in [-0.15, -0.1) is 0 Å². The molecular formula is C15H21NO2. The number of hydrogen-bond donors (Lipinski definition) is 1. The van der Waals surface area contributed by atoms with Gasteiger partial charge in [0.1, 0.15) is 5.54 Å². The van der Waals surface area contributed by atoms with Crippen molar-refractivity contribution in [3.8, 4) is 0 Å². The summed E-state index contributed by atoms with van der Waals surface area (Å²) < 4.78 is 5.23. The predicted octanol–water partition coefficient (Wildman–Crippen LogP) is 2.44. The number of ether oxygens (including phenoxy) is 1. The van der Waals surface area contributed by atoms with Gasteiger partial charge in [-0.25, -0.2) is 0 Å². The zero-order valence-electron chi connectivity index (χ0n) is 11.5. The van der Waals surface area contributed by atoms with Crippen LogP contribution < -0.4 is 5.73 Å². The van der Waals surface area contributed by atoms with Crippen molar-refractivity contribution in [3.05, 3.63) is 34.9 Å². The van der Waals surface area contributed by atoms with Crippen molar-refractivity contribution in [2.24, 2.45) is 5.73 Å². The van der Waals surface area contributed by atoms with Crippen LogP contribution >= 0.6 is 0 Å². The van der Waals surface area contributed by atoms with E-state index in [0.717, 1.165) is 0 Å². The van der Waals surface area contributed by atoms with Crippen LogP contribution in [0.3, 0.4) is 0 Å². The zero-order valence-corrected chi connectivity index (χ0v) is 11.5. The third kappa shape index (κ3) is 2.27. The van der Waals surface area contributed by atoms with E-state index in [1.807, 2.05) is 13.8 Å². The van der Waals surface area contributed by atoms with E-state index in [4.69, 9.17) is 10.5 Å². The van der Waals surface area contributed by atoms with Gasteiger partial charge < -0.3 is 10.5 Å². The first-order valence-corrected chi connectivity index (χ1v) is 6.41. The molecule has 1 saturated carbocycles. The molecule has 0 amide bonds. The number of aryl methyl sites for hydroxylation is 2. The normalized spacial score (nSPS) is 26.2. The molecule has 1 fully saturated rings. The fourth-order valence-electron chi connectivity index (χ4n) is 2.43. The summed E-state index contributed by atoms with van der Waals surface area (Å²) in [5.74, 6) is -0.174. The highest BCUT2D eigenvalue weighted by Gasteiger charge is 2.59. The standard InChI is InChI=1S/C15H21NO2/c1-9(2)18-14(17)15(16)8-13(15)12-6-5-10(3)7-11(12)4/h5-7,9,13H,8,16H2,1-4H3. The number of esters is 1. The van der Waals surface area contributed by atoms with Crippen LogP contribution in [0, 0.1) is 13.8 Å². The van der Waals surface area contributed by atoms with Gasteiger partial charge in [-0.3, -0.25) is 4.79 Å². The Kier molecular flexibility index (Phi) is 3.20. The molecule has 0 aromatic heterocycles. The average Bonchev–Trinajstić information content (AvgIpc) is 2.91. The molecule has 3 nitrogen and oxygen atoms in total. The Bertz CT molecular complexity index is 481. The summed E-state index contributed by atoms with van der Waals surface area (Å²) in [4.78, 5) is 12.0. The van der Waals surface area contributed by atoms with Gasteiger partial charge in [0.05, 0.1) is 6.10 Å². The summed E-state index contributed by atoms with van der Waals surface area (Å²) in [6.07, 6.45) is 0.570. The van der Waals surface area contributed by atoms with E-state index in [1.165, 1.54) is 16.7 Å². The number of rotatable bonds is 3. The molecule has 0 radical (unpaired) electrons. The molecule has 0 saturated heterocycles. The van der Waals surface area contributed by atoms with Crippen LogP contribution in [0.2, 0.25) is 0 Å². The second-order valence-corrected chi connectivity index (χ2v) is 5.61. The number of benzene rings is 1. The third-order valence-electron chi connectivity index (χ3n) is 3.53. The molecule has 0 bridgehead atoms. The van der Waals surface area contributed by atoms with Crippen molar-refractivity contribution in [1.29, 1.82) is 0 Å². The first-order chi connectivity index (χ1) is 8.34. The molecule has 18 heavy (non-hydrogen) atoms. The molecule has 2 rings (SSSR count). The van der Waals surface area contributed by atoms with Gasteiger partial charge in [0, 0.05) is 5.92 Å². The Balaban J connectivity index is 2.16. The SMILES string of the molecule is Cc1ccc(C2CC2(N)C(=O)OC(C)C)c(C)c1. The maximum Gasteiger partial charge on any atom is 0.327 e. The lowest BCUT2D eigenvalue weighted by molar-refractivity contribution is -0.150. The van der Waals surface area contributed by atoms with Gasteiger partial charge in [-0.2, -0.15) is 0 Å². The second-order valence-electron chi connectivity index (χ2n) is 5.61. The van der Waals surface area contributed by atoms with Gasteiger partial charge in [0.2, 0.25) is 0 Å². The largest absolute Gasteiger partial charge is 0.462 e. The molecule has 1 aromatic rings. The van der Waals surface area contributed by atoms with Gasteiger partial charge in [0.25, 0.3) is 0 Å². The smallest absolute Gasteiger partial charge is 0.327 e. The highest BCUT2D eigenvalue weighted by molar-refractivity contribution is 5.87. The van der Waals surface area contributed by atoms with E-state index in [1.54, 1.807) is 0 Å². The summed E-state index contributed by atoms with van der Waals surface area (Å²) in [6, 6.07) is 6.27. The highest BCUT2D eigenvalue weighted by Crippen LogP contribution is 2.51. The molecule has 2 unspecified atom stereocenters. The number of carbonyl (C=O) groups is 1. The molecule has 98 valence electrons. The Hall–Kier alpha value is -1.35. The predicted molar refractivity (Wildman–Crippen MR) is 71.4 cm³/mol. The Morgan fingerprint density at radius 1 is 1.44 bits per heavy atom. The molecule has 2 N–H and O–H groups in total. The van der Waals surface area contributed by atoms with Crippen molar-refractivity contribution < 1.29 is 9.53 Å². The number of carbonyl (C=O) groups excluding carboxylic acids is 1. The Labute approximate surface area is 108 Å². The topological polar surface area (TPSA) is 52.3 Å². The van der Waals surface area contributed by atoms with E-state index in [0.29, 0.717) is 6.42 Å². The van der Waals surface area contributed by atoms with Gasteiger partial charge in [-0.05, 0) is 45.2 Å². The zero-order chi connectivity index (χ0) is 13.5. The minimum absolute atomic E-state index is 0.101. The van der Waals surface area contributed by atoms with Gasteiger partial charge >= 0.3 is 5.97 Å². The molecule has 1 aliphatic carbocycles. The van der Waals surface area contributed by atoms with E-state index >= 15 is 0 Å². The second kappa shape index (κ2) is 4.39. The van der Waals surface area contributed by atoms with E-state index in [2.05, 4.69) is 32.0 Å².